The van der Waals surface area contributed by atoms with E-state index in [-0.39, 0.29) is 11.9 Å². The third-order valence-corrected chi connectivity index (χ3v) is 9.83. The van der Waals surface area contributed by atoms with E-state index in [9.17, 15) is 9.18 Å². The van der Waals surface area contributed by atoms with Gasteiger partial charge >= 0.3 is 0 Å². The molecule has 1 amide bonds. The van der Waals surface area contributed by atoms with Gasteiger partial charge in [0.15, 0.2) is 5.79 Å². The van der Waals surface area contributed by atoms with Gasteiger partial charge < -0.3 is 18.9 Å². The first-order valence-corrected chi connectivity index (χ1v) is 15.3. The monoisotopic (exact) mass is 578 g/mol. The highest BCUT2D eigenvalue weighted by Crippen LogP contribution is 2.46. The smallest absolute Gasteiger partial charge is 0.256 e. The molecule has 1 unspecified atom stereocenters. The number of pyridine rings is 1. The van der Waals surface area contributed by atoms with Gasteiger partial charge in [0, 0.05) is 70.5 Å². The summed E-state index contributed by atoms with van der Waals surface area (Å²) in [5.74, 6) is 0.599. The normalized spacial score (nSPS) is 20.0. The minimum atomic E-state index is -0.422. The van der Waals surface area contributed by atoms with Crippen LogP contribution in [0, 0.1) is 30.5 Å². The molecule has 228 valence electrons. The number of amides is 1. The van der Waals surface area contributed by atoms with E-state index in [1.807, 2.05) is 30.8 Å². The standard InChI is InChI=1S/C34H47FN4O3/c1-21(2)32(26-15-34(16-26,41-7)42-8)38-12-11-24(19-38)13-25-20-39(30-18-36-17-23(5)31(25)30)29-10-9-27(35)14-28(29)33(40)37(6)22(3)4/h9-10,14,17-18,20-22,24,26,32H,11-13,15-16,19H2,1-8H3/t24-,32?/m0/s1. The van der Waals surface area contributed by atoms with Gasteiger partial charge in [-0.05, 0) is 87.2 Å². The summed E-state index contributed by atoms with van der Waals surface area (Å²) in [5, 5.41) is 1.17. The van der Waals surface area contributed by atoms with Crippen molar-refractivity contribution in [3.8, 4) is 5.69 Å². The Hall–Kier alpha value is -2.81. The Morgan fingerprint density at radius 3 is 2.52 bits per heavy atom. The molecule has 2 atom stereocenters. The molecule has 1 aliphatic carbocycles. The Morgan fingerprint density at radius 1 is 1.17 bits per heavy atom. The number of likely N-dealkylation sites (tertiary alicyclic amines) is 1. The Balaban J connectivity index is 1.43. The van der Waals surface area contributed by atoms with Crippen LogP contribution in [0.5, 0.6) is 0 Å². The summed E-state index contributed by atoms with van der Waals surface area (Å²) in [5.41, 5.74) is 4.33. The number of halogens is 1. The highest BCUT2D eigenvalue weighted by atomic mass is 19.1. The van der Waals surface area contributed by atoms with Gasteiger partial charge in [0.05, 0.1) is 23.0 Å². The minimum Gasteiger partial charge on any atom is -0.353 e. The Kier molecular flexibility index (Phi) is 8.80. The van der Waals surface area contributed by atoms with Crippen LogP contribution in [0.25, 0.3) is 16.6 Å². The molecule has 0 spiro atoms. The molecular formula is C34H47FN4O3. The topological polar surface area (TPSA) is 59.8 Å². The second-order valence-electron chi connectivity index (χ2n) is 13.1. The number of benzene rings is 1. The molecule has 1 aliphatic heterocycles. The molecular weight excluding hydrogens is 531 g/mol. The maximum atomic E-state index is 14.5. The van der Waals surface area contributed by atoms with Gasteiger partial charge in [-0.1, -0.05) is 13.8 Å². The summed E-state index contributed by atoms with van der Waals surface area (Å²) in [6.45, 7) is 12.8. The summed E-state index contributed by atoms with van der Waals surface area (Å²) in [6.07, 6.45) is 9.88. The zero-order valence-corrected chi connectivity index (χ0v) is 26.5. The molecule has 2 fully saturated rings. The number of methoxy groups -OCH3 is 2. The van der Waals surface area contributed by atoms with E-state index in [4.69, 9.17) is 9.47 Å². The number of hydrogen-bond acceptors (Lipinski definition) is 5. The fourth-order valence-corrected chi connectivity index (χ4v) is 7.38. The fraction of sp³-hybridized carbons (Fsp3) is 0.588. The molecule has 7 nitrogen and oxygen atoms in total. The average Bonchev–Trinajstić information content (AvgIpc) is 3.54. The lowest BCUT2D eigenvalue weighted by atomic mass is 9.70. The van der Waals surface area contributed by atoms with E-state index in [1.165, 1.54) is 23.1 Å². The van der Waals surface area contributed by atoms with E-state index < -0.39 is 11.6 Å². The third-order valence-electron chi connectivity index (χ3n) is 9.83. The van der Waals surface area contributed by atoms with Crippen molar-refractivity contribution < 1.29 is 18.7 Å². The lowest BCUT2D eigenvalue weighted by Crippen LogP contribution is -2.56. The molecule has 8 heteroatoms. The number of aryl methyl sites for hydroxylation is 1. The van der Waals surface area contributed by atoms with E-state index in [2.05, 4.69) is 36.9 Å². The molecule has 1 aromatic carbocycles. The number of fused-ring (bicyclic) bond motifs is 1. The van der Waals surface area contributed by atoms with E-state index >= 15 is 0 Å². The van der Waals surface area contributed by atoms with Gasteiger partial charge in [-0.3, -0.25) is 14.7 Å². The van der Waals surface area contributed by atoms with Gasteiger partial charge in [0.1, 0.15) is 5.82 Å². The Morgan fingerprint density at radius 2 is 1.88 bits per heavy atom. The van der Waals surface area contributed by atoms with Crippen molar-refractivity contribution in [2.24, 2.45) is 17.8 Å². The summed E-state index contributed by atoms with van der Waals surface area (Å²) in [4.78, 5) is 22.3. The summed E-state index contributed by atoms with van der Waals surface area (Å²) in [6, 6.07) is 5.00. The van der Waals surface area contributed by atoms with Crippen LogP contribution in [0.15, 0.2) is 36.8 Å². The first-order valence-electron chi connectivity index (χ1n) is 15.3. The number of carbonyl (C=O) groups excluding carboxylic acids is 1. The van der Waals surface area contributed by atoms with Crippen LogP contribution in [0.1, 0.15) is 68.4 Å². The van der Waals surface area contributed by atoms with Crippen LogP contribution in [-0.4, -0.2) is 77.5 Å². The molecule has 2 aromatic heterocycles. The van der Waals surface area contributed by atoms with Gasteiger partial charge in [-0.15, -0.1) is 0 Å². The molecule has 0 N–H and O–H groups in total. The molecule has 1 saturated heterocycles. The largest absolute Gasteiger partial charge is 0.353 e. The number of hydrogen-bond donors (Lipinski definition) is 0. The quantitative estimate of drug-likeness (QED) is 0.267. The van der Waals surface area contributed by atoms with E-state index in [1.54, 1.807) is 32.2 Å². The van der Waals surface area contributed by atoms with Crippen LogP contribution in [0.4, 0.5) is 4.39 Å². The number of rotatable bonds is 10. The third kappa shape index (κ3) is 5.61. The minimum absolute atomic E-state index is 0.00479. The molecule has 3 aromatic rings. The van der Waals surface area contributed by atoms with Gasteiger partial charge in [0.25, 0.3) is 5.91 Å². The number of nitrogens with zero attached hydrogens (tertiary/aromatic N) is 4. The molecule has 0 bridgehead atoms. The van der Waals surface area contributed by atoms with Crippen molar-refractivity contribution >= 4 is 16.8 Å². The Labute approximate surface area is 250 Å². The lowest BCUT2D eigenvalue weighted by Gasteiger charge is -2.51. The Bertz CT molecular complexity index is 1420. The molecule has 2 aliphatic rings. The fourth-order valence-electron chi connectivity index (χ4n) is 7.38. The van der Waals surface area contributed by atoms with Crippen molar-refractivity contribution in [3.63, 3.8) is 0 Å². The van der Waals surface area contributed by atoms with Crippen molar-refractivity contribution in [2.75, 3.05) is 34.4 Å². The maximum Gasteiger partial charge on any atom is 0.256 e. The maximum absolute atomic E-state index is 14.5. The zero-order chi connectivity index (χ0) is 30.3. The van der Waals surface area contributed by atoms with Crippen molar-refractivity contribution in [3.05, 3.63) is 59.3 Å². The van der Waals surface area contributed by atoms with Gasteiger partial charge in [-0.25, -0.2) is 4.39 Å². The molecule has 1 saturated carbocycles. The highest BCUT2D eigenvalue weighted by Gasteiger charge is 2.50. The molecule has 3 heterocycles. The van der Waals surface area contributed by atoms with Crippen LogP contribution in [-0.2, 0) is 15.9 Å². The van der Waals surface area contributed by atoms with Crippen molar-refractivity contribution in [2.45, 2.75) is 78.2 Å². The summed E-state index contributed by atoms with van der Waals surface area (Å²) < 4.78 is 27.9. The summed E-state index contributed by atoms with van der Waals surface area (Å²) >= 11 is 0. The second kappa shape index (κ2) is 12.1. The van der Waals surface area contributed by atoms with Crippen molar-refractivity contribution in [1.82, 2.24) is 19.4 Å². The SMILES string of the molecule is COC1(OC)CC(C(C(C)C)N2CC[C@@H](Cc3cn(-c4ccc(F)cc4C(=O)N(C)C(C)C)c4cncc(C)c34)C2)C1. The zero-order valence-electron chi connectivity index (χ0n) is 26.5. The van der Waals surface area contributed by atoms with Crippen LogP contribution in [0.2, 0.25) is 0 Å². The van der Waals surface area contributed by atoms with E-state index in [0.29, 0.717) is 35.0 Å². The van der Waals surface area contributed by atoms with E-state index in [0.717, 1.165) is 49.9 Å². The number of aromatic nitrogens is 2. The second-order valence-corrected chi connectivity index (χ2v) is 13.1. The van der Waals surface area contributed by atoms with Crippen LogP contribution >= 0.6 is 0 Å². The predicted molar refractivity (Wildman–Crippen MR) is 164 cm³/mol. The van der Waals surface area contributed by atoms with Crippen LogP contribution in [0.3, 0.4) is 0 Å². The predicted octanol–water partition coefficient (Wildman–Crippen LogP) is 6.24. The van der Waals surface area contributed by atoms with Gasteiger partial charge in [0.2, 0.25) is 0 Å². The molecule has 42 heavy (non-hydrogen) atoms. The van der Waals surface area contributed by atoms with Crippen molar-refractivity contribution in [1.29, 1.82) is 0 Å². The van der Waals surface area contributed by atoms with Gasteiger partial charge in [-0.2, -0.15) is 0 Å². The summed E-state index contributed by atoms with van der Waals surface area (Å²) in [7, 11) is 5.26. The number of carbonyl (C=O) groups is 1. The first-order chi connectivity index (χ1) is 20.0. The molecule has 0 radical (unpaired) electrons. The molecule has 5 rings (SSSR count). The number of ether oxygens (including phenoxy) is 2. The average molecular weight is 579 g/mol. The van der Waals surface area contributed by atoms with Crippen LogP contribution < -0.4 is 0 Å². The highest BCUT2D eigenvalue weighted by molar-refractivity contribution is 5.99. The first kappa shape index (κ1) is 30.6. The lowest BCUT2D eigenvalue weighted by molar-refractivity contribution is -0.278.